The maximum atomic E-state index is 11.8. The molecule has 0 fully saturated rings. The fourth-order valence-electron chi connectivity index (χ4n) is 2.68. The number of carboxylic acid groups (broad SMARTS) is 1. The van der Waals surface area contributed by atoms with Crippen LogP contribution in [0.3, 0.4) is 0 Å². The van der Waals surface area contributed by atoms with Gasteiger partial charge in [-0.05, 0) is 42.7 Å². The van der Waals surface area contributed by atoms with Gasteiger partial charge in [-0.2, -0.15) is 0 Å². The molecular weight excluding hydrogens is 278 g/mol. The maximum absolute atomic E-state index is 11.8. The highest BCUT2D eigenvalue weighted by atomic mass is 16.4. The van der Waals surface area contributed by atoms with E-state index in [9.17, 15) is 9.90 Å². The van der Waals surface area contributed by atoms with E-state index in [0.29, 0.717) is 11.1 Å². The lowest BCUT2D eigenvalue weighted by molar-refractivity contribution is -0.139. The van der Waals surface area contributed by atoms with E-state index in [-0.39, 0.29) is 5.95 Å². The SMILES string of the molecule is Cc1cc2nc(N)n(C(C(=O)O)c3ccccc3)c2cc1C. The number of nitrogen functional groups attached to an aromatic ring is 1. The van der Waals surface area contributed by atoms with Crippen molar-refractivity contribution in [1.82, 2.24) is 9.55 Å². The molecule has 1 unspecified atom stereocenters. The second-order valence-electron chi connectivity index (χ2n) is 5.42. The topological polar surface area (TPSA) is 81.1 Å². The van der Waals surface area contributed by atoms with Gasteiger partial charge in [0.25, 0.3) is 0 Å². The van der Waals surface area contributed by atoms with Crippen LogP contribution in [0.5, 0.6) is 0 Å². The van der Waals surface area contributed by atoms with Gasteiger partial charge in [-0.25, -0.2) is 9.78 Å². The average Bonchev–Trinajstić information content (AvgIpc) is 2.77. The summed E-state index contributed by atoms with van der Waals surface area (Å²) in [6.45, 7) is 3.98. The van der Waals surface area contributed by atoms with E-state index < -0.39 is 12.0 Å². The first-order valence-corrected chi connectivity index (χ1v) is 7.01. The molecule has 5 heteroatoms. The van der Waals surface area contributed by atoms with E-state index in [1.54, 1.807) is 16.7 Å². The van der Waals surface area contributed by atoms with Gasteiger partial charge in [0.05, 0.1) is 11.0 Å². The Morgan fingerprint density at radius 2 is 1.82 bits per heavy atom. The first-order chi connectivity index (χ1) is 10.5. The van der Waals surface area contributed by atoms with Crippen LogP contribution in [0, 0.1) is 13.8 Å². The first kappa shape index (κ1) is 14.1. The van der Waals surface area contributed by atoms with E-state index >= 15 is 0 Å². The molecule has 0 spiro atoms. The molecule has 22 heavy (non-hydrogen) atoms. The van der Waals surface area contributed by atoms with E-state index in [1.165, 1.54) is 0 Å². The van der Waals surface area contributed by atoms with Crippen LogP contribution in [0.2, 0.25) is 0 Å². The molecule has 3 rings (SSSR count). The number of hydrogen-bond acceptors (Lipinski definition) is 3. The molecule has 0 aliphatic heterocycles. The molecule has 5 nitrogen and oxygen atoms in total. The van der Waals surface area contributed by atoms with Crippen LogP contribution in [0.15, 0.2) is 42.5 Å². The second kappa shape index (κ2) is 5.18. The molecule has 1 heterocycles. The Labute approximate surface area is 128 Å². The zero-order chi connectivity index (χ0) is 15.9. The minimum absolute atomic E-state index is 0.205. The quantitative estimate of drug-likeness (QED) is 0.778. The lowest BCUT2D eigenvalue weighted by atomic mass is 10.1. The van der Waals surface area contributed by atoms with Crippen LogP contribution in [0.4, 0.5) is 5.95 Å². The molecule has 3 N–H and O–H groups in total. The highest BCUT2D eigenvalue weighted by Crippen LogP contribution is 2.29. The van der Waals surface area contributed by atoms with Crippen molar-refractivity contribution in [2.24, 2.45) is 0 Å². The Hall–Kier alpha value is -2.82. The van der Waals surface area contributed by atoms with E-state index in [0.717, 1.165) is 16.6 Å². The van der Waals surface area contributed by atoms with Crippen molar-refractivity contribution in [3.63, 3.8) is 0 Å². The number of hydrogen-bond donors (Lipinski definition) is 2. The van der Waals surface area contributed by atoms with Crippen molar-refractivity contribution in [1.29, 1.82) is 0 Å². The molecule has 3 aromatic rings. The van der Waals surface area contributed by atoms with Crippen LogP contribution in [-0.2, 0) is 4.79 Å². The molecule has 0 radical (unpaired) electrons. The first-order valence-electron chi connectivity index (χ1n) is 7.01. The molecule has 0 saturated heterocycles. The van der Waals surface area contributed by atoms with Gasteiger partial charge < -0.3 is 10.8 Å². The van der Waals surface area contributed by atoms with Gasteiger partial charge >= 0.3 is 5.97 Å². The third-order valence-corrected chi connectivity index (χ3v) is 3.94. The minimum Gasteiger partial charge on any atom is -0.479 e. The minimum atomic E-state index is -0.963. The van der Waals surface area contributed by atoms with Crippen LogP contribution in [0.25, 0.3) is 11.0 Å². The molecule has 112 valence electrons. The number of aryl methyl sites for hydroxylation is 2. The second-order valence-corrected chi connectivity index (χ2v) is 5.42. The number of aliphatic carboxylic acids is 1. The van der Waals surface area contributed by atoms with Crippen LogP contribution >= 0.6 is 0 Å². The van der Waals surface area contributed by atoms with Crippen molar-refractivity contribution in [2.75, 3.05) is 5.73 Å². The highest BCUT2D eigenvalue weighted by molar-refractivity contribution is 5.85. The average molecular weight is 295 g/mol. The van der Waals surface area contributed by atoms with Gasteiger partial charge in [-0.1, -0.05) is 30.3 Å². The summed E-state index contributed by atoms with van der Waals surface area (Å²) in [4.78, 5) is 16.2. The summed E-state index contributed by atoms with van der Waals surface area (Å²) in [5.74, 6) is -0.758. The largest absolute Gasteiger partial charge is 0.479 e. The molecule has 0 bridgehead atoms. The van der Waals surface area contributed by atoms with Crippen LogP contribution in [0.1, 0.15) is 22.7 Å². The standard InChI is InChI=1S/C17H17N3O2/c1-10-8-13-14(9-11(10)2)20(17(18)19-13)15(16(21)22)12-6-4-3-5-7-12/h3-9,15H,1-2H3,(H2,18,19)(H,21,22). The third kappa shape index (κ3) is 2.20. The van der Waals surface area contributed by atoms with Crippen molar-refractivity contribution in [2.45, 2.75) is 19.9 Å². The smallest absolute Gasteiger partial charge is 0.331 e. The fourth-order valence-corrected chi connectivity index (χ4v) is 2.68. The zero-order valence-electron chi connectivity index (χ0n) is 12.4. The summed E-state index contributed by atoms with van der Waals surface area (Å²) >= 11 is 0. The number of nitrogens with zero attached hydrogens (tertiary/aromatic N) is 2. The van der Waals surface area contributed by atoms with Crippen molar-refractivity contribution in [3.8, 4) is 0 Å². The van der Waals surface area contributed by atoms with Gasteiger partial charge in [0.15, 0.2) is 6.04 Å². The molecule has 0 aliphatic carbocycles. The summed E-state index contributed by atoms with van der Waals surface area (Å²) in [6, 6.07) is 12.0. The van der Waals surface area contributed by atoms with Gasteiger partial charge in [-0.15, -0.1) is 0 Å². The fraction of sp³-hybridized carbons (Fsp3) is 0.176. The summed E-state index contributed by atoms with van der Waals surface area (Å²) < 4.78 is 1.58. The predicted molar refractivity (Wildman–Crippen MR) is 85.8 cm³/mol. The predicted octanol–water partition coefficient (Wildman–Crippen LogP) is 2.91. The Morgan fingerprint density at radius 3 is 2.45 bits per heavy atom. The number of fused-ring (bicyclic) bond motifs is 1. The molecule has 0 aliphatic rings. The van der Waals surface area contributed by atoms with Gasteiger partial charge in [0.2, 0.25) is 5.95 Å². The van der Waals surface area contributed by atoms with Gasteiger partial charge in [-0.3, -0.25) is 4.57 Å². The number of nitrogens with two attached hydrogens (primary N) is 1. The lowest BCUT2D eigenvalue weighted by Gasteiger charge is -2.17. The Morgan fingerprint density at radius 1 is 1.18 bits per heavy atom. The van der Waals surface area contributed by atoms with Gasteiger partial charge in [0, 0.05) is 0 Å². The monoisotopic (exact) mass is 295 g/mol. The van der Waals surface area contributed by atoms with E-state index in [1.807, 2.05) is 44.2 Å². The normalized spacial score (nSPS) is 12.5. The van der Waals surface area contributed by atoms with E-state index in [2.05, 4.69) is 4.98 Å². The molecular formula is C17H17N3O2. The summed E-state index contributed by atoms with van der Waals surface area (Å²) in [7, 11) is 0. The Kier molecular flexibility index (Phi) is 3.33. The molecule has 0 saturated carbocycles. The van der Waals surface area contributed by atoms with Crippen LogP contribution < -0.4 is 5.73 Å². The number of anilines is 1. The maximum Gasteiger partial charge on any atom is 0.331 e. The number of benzene rings is 2. The Balaban J connectivity index is 2.29. The number of carboxylic acids is 1. The number of rotatable bonds is 3. The number of aromatic nitrogens is 2. The molecule has 2 aromatic carbocycles. The highest BCUT2D eigenvalue weighted by Gasteiger charge is 2.26. The summed E-state index contributed by atoms with van der Waals surface area (Å²) in [5.41, 5.74) is 10.3. The molecule has 1 atom stereocenters. The van der Waals surface area contributed by atoms with Crippen molar-refractivity contribution in [3.05, 3.63) is 59.2 Å². The summed E-state index contributed by atoms with van der Waals surface area (Å²) in [6.07, 6.45) is 0. The molecule has 1 aromatic heterocycles. The van der Waals surface area contributed by atoms with Crippen molar-refractivity contribution < 1.29 is 9.90 Å². The van der Waals surface area contributed by atoms with Crippen molar-refractivity contribution >= 4 is 23.0 Å². The lowest BCUT2D eigenvalue weighted by Crippen LogP contribution is -2.21. The zero-order valence-corrected chi connectivity index (χ0v) is 12.4. The summed E-state index contributed by atoms with van der Waals surface area (Å²) in [5, 5.41) is 9.70. The van der Waals surface area contributed by atoms with E-state index in [4.69, 9.17) is 5.73 Å². The number of carbonyl (C=O) groups is 1. The number of imidazole rings is 1. The van der Waals surface area contributed by atoms with Crippen LogP contribution in [-0.4, -0.2) is 20.6 Å². The third-order valence-electron chi connectivity index (χ3n) is 3.94. The Bertz CT molecular complexity index is 853. The molecule has 0 amide bonds. The van der Waals surface area contributed by atoms with Gasteiger partial charge in [0.1, 0.15) is 0 Å².